The Labute approximate surface area is 170 Å². The lowest BCUT2D eigenvalue weighted by atomic mass is 10.0. The number of carbonyl (C=O) groups excluding carboxylic acids is 2. The normalized spacial score (nSPS) is 11.8. The first-order valence-electron chi connectivity index (χ1n) is 8.83. The predicted octanol–water partition coefficient (Wildman–Crippen LogP) is 3.65. The number of hydrogen-bond donors (Lipinski definition) is 0. The zero-order valence-corrected chi connectivity index (χ0v) is 16.9. The molecule has 0 saturated carbocycles. The van der Waals surface area contributed by atoms with Gasteiger partial charge in [0.2, 0.25) is 0 Å². The molecule has 8 nitrogen and oxygen atoms in total. The van der Waals surface area contributed by atoms with Crippen LogP contribution in [0.3, 0.4) is 0 Å². The highest BCUT2D eigenvalue weighted by Crippen LogP contribution is 2.24. The van der Waals surface area contributed by atoms with Crippen LogP contribution in [0.4, 0.5) is 5.69 Å². The number of methoxy groups -OCH3 is 1. The van der Waals surface area contributed by atoms with Gasteiger partial charge >= 0.3 is 5.97 Å². The number of nitro groups is 1. The number of amides is 1. The summed E-state index contributed by atoms with van der Waals surface area (Å²) in [6.07, 6.45) is 0. The van der Waals surface area contributed by atoms with E-state index in [0.717, 1.165) is 15.8 Å². The van der Waals surface area contributed by atoms with E-state index in [1.54, 1.807) is 4.57 Å². The highest BCUT2D eigenvalue weighted by molar-refractivity contribution is 7.16. The topological polar surface area (TPSA) is 104 Å². The third-order valence-electron chi connectivity index (χ3n) is 4.39. The molecule has 2 aromatic carbocycles. The van der Waals surface area contributed by atoms with Gasteiger partial charge < -0.3 is 9.30 Å². The van der Waals surface area contributed by atoms with Crippen molar-refractivity contribution in [3.8, 4) is 0 Å². The van der Waals surface area contributed by atoms with Crippen molar-refractivity contribution in [2.75, 3.05) is 7.11 Å². The summed E-state index contributed by atoms with van der Waals surface area (Å²) < 4.78 is 7.26. The third-order valence-corrected chi connectivity index (χ3v) is 5.43. The monoisotopic (exact) mass is 413 g/mol. The van der Waals surface area contributed by atoms with Crippen LogP contribution < -0.4 is 4.80 Å². The Bertz CT molecular complexity index is 1180. The SMILES string of the molecule is COC(=O)Cn1c(=NC(=O)c2cccc([N+](=O)[O-])c2)sc2cc(C(C)C)ccc21. The van der Waals surface area contributed by atoms with Crippen molar-refractivity contribution in [1.29, 1.82) is 0 Å². The number of rotatable bonds is 5. The molecule has 0 atom stereocenters. The van der Waals surface area contributed by atoms with Gasteiger partial charge in [0.05, 0.1) is 22.2 Å². The average Bonchev–Trinajstić information content (AvgIpc) is 3.03. The number of carbonyl (C=O) groups is 2. The molecule has 0 radical (unpaired) electrons. The largest absolute Gasteiger partial charge is 0.468 e. The Kier molecular flexibility index (Phi) is 5.88. The van der Waals surface area contributed by atoms with Crippen molar-refractivity contribution < 1.29 is 19.2 Å². The van der Waals surface area contributed by atoms with Gasteiger partial charge in [-0.15, -0.1) is 0 Å². The molecule has 0 aliphatic heterocycles. The number of hydrogen-bond acceptors (Lipinski definition) is 6. The van der Waals surface area contributed by atoms with Crippen LogP contribution in [0, 0.1) is 10.1 Å². The average molecular weight is 413 g/mol. The maximum Gasteiger partial charge on any atom is 0.325 e. The van der Waals surface area contributed by atoms with E-state index in [1.807, 2.05) is 18.2 Å². The number of nitrogens with zero attached hydrogens (tertiary/aromatic N) is 3. The molecule has 150 valence electrons. The summed E-state index contributed by atoms with van der Waals surface area (Å²) in [7, 11) is 1.29. The van der Waals surface area contributed by atoms with Crippen LogP contribution in [0.1, 0.15) is 35.7 Å². The van der Waals surface area contributed by atoms with Crippen LogP contribution in [0.25, 0.3) is 10.2 Å². The van der Waals surface area contributed by atoms with E-state index in [4.69, 9.17) is 4.74 Å². The van der Waals surface area contributed by atoms with Gasteiger partial charge in [0.1, 0.15) is 6.54 Å². The van der Waals surface area contributed by atoms with E-state index in [1.165, 1.54) is 42.7 Å². The van der Waals surface area contributed by atoms with Gasteiger partial charge in [-0.05, 0) is 29.7 Å². The van der Waals surface area contributed by atoms with E-state index in [0.29, 0.717) is 10.7 Å². The summed E-state index contributed by atoms with van der Waals surface area (Å²) in [4.78, 5) is 39.4. The Morgan fingerprint density at radius 2 is 2.00 bits per heavy atom. The van der Waals surface area contributed by atoms with E-state index in [2.05, 4.69) is 18.8 Å². The molecule has 0 bridgehead atoms. The standard InChI is InChI=1S/C20H19N3O5S/c1-12(2)13-7-8-16-17(10-13)29-20(22(16)11-18(24)28-3)21-19(25)14-5-4-6-15(9-14)23(26)27/h4-10,12H,11H2,1-3H3. The van der Waals surface area contributed by atoms with Crippen LogP contribution in [0.5, 0.6) is 0 Å². The first kappa shape index (κ1) is 20.4. The number of aromatic nitrogens is 1. The number of ether oxygens (including phenoxy) is 1. The molecule has 9 heteroatoms. The minimum Gasteiger partial charge on any atom is -0.468 e. The second-order valence-electron chi connectivity index (χ2n) is 6.65. The molecule has 1 aromatic heterocycles. The Balaban J connectivity index is 2.14. The van der Waals surface area contributed by atoms with Crippen LogP contribution in [-0.4, -0.2) is 28.5 Å². The molecular formula is C20H19N3O5S. The smallest absolute Gasteiger partial charge is 0.325 e. The molecule has 0 saturated heterocycles. The Hall–Kier alpha value is -3.33. The van der Waals surface area contributed by atoms with Crippen molar-refractivity contribution in [2.45, 2.75) is 26.3 Å². The highest BCUT2D eigenvalue weighted by atomic mass is 32.1. The first-order valence-corrected chi connectivity index (χ1v) is 9.65. The summed E-state index contributed by atoms with van der Waals surface area (Å²) in [5.41, 5.74) is 1.80. The summed E-state index contributed by atoms with van der Waals surface area (Å²) >= 11 is 1.28. The van der Waals surface area contributed by atoms with Crippen LogP contribution in [0.2, 0.25) is 0 Å². The van der Waals surface area contributed by atoms with E-state index in [9.17, 15) is 19.7 Å². The van der Waals surface area contributed by atoms with Crippen molar-refractivity contribution in [2.24, 2.45) is 4.99 Å². The molecular weight excluding hydrogens is 394 g/mol. The highest BCUT2D eigenvalue weighted by Gasteiger charge is 2.15. The van der Waals surface area contributed by atoms with Crippen LogP contribution in [0.15, 0.2) is 47.5 Å². The molecule has 0 spiro atoms. The lowest BCUT2D eigenvalue weighted by Gasteiger charge is -2.06. The molecule has 0 unspecified atom stereocenters. The van der Waals surface area contributed by atoms with Crippen molar-refractivity contribution in [3.05, 3.63) is 68.5 Å². The maximum absolute atomic E-state index is 12.6. The fourth-order valence-electron chi connectivity index (χ4n) is 2.78. The van der Waals surface area contributed by atoms with Crippen LogP contribution in [-0.2, 0) is 16.1 Å². The number of esters is 1. The minimum atomic E-state index is -0.622. The Morgan fingerprint density at radius 3 is 2.66 bits per heavy atom. The zero-order chi connectivity index (χ0) is 21.1. The van der Waals surface area contributed by atoms with Gasteiger partial charge in [-0.3, -0.25) is 19.7 Å². The molecule has 1 amide bonds. The Morgan fingerprint density at radius 1 is 1.24 bits per heavy atom. The van der Waals surface area contributed by atoms with Crippen molar-refractivity contribution >= 4 is 39.1 Å². The molecule has 0 N–H and O–H groups in total. The number of non-ortho nitro benzene ring substituents is 1. The summed E-state index contributed by atoms with van der Waals surface area (Å²) in [5.74, 6) is -0.771. The van der Waals surface area contributed by atoms with Crippen LogP contribution >= 0.6 is 11.3 Å². The molecule has 1 heterocycles. The molecule has 0 fully saturated rings. The van der Waals surface area contributed by atoms with E-state index in [-0.39, 0.29) is 17.8 Å². The summed E-state index contributed by atoms with van der Waals surface area (Å²) in [5, 5.41) is 11.0. The van der Waals surface area contributed by atoms with E-state index >= 15 is 0 Å². The van der Waals surface area contributed by atoms with Gasteiger partial charge in [-0.2, -0.15) is 4.99 Å². The molecule has 0 aliphatic carbocycles. The van der Waals surface area contributed by atoms with Gasteiger partial charge in [0, 0.05) is 17.7 Å². The second-order valence-corrected chi connectivity index (χ2v) is 7.66. The zero-order valence-electron chi connectivity index (χ0n) is 16.1. The fraction of sp³-hybridized carbons (Fsp3) is 0.250. The predicted molar refractivity (Wildman–Crippen MR) is 109 cm³/mol. The second kappa shape index (κ2) is 8.36. The number of fused-ring (bicyclic) bond motifs is 1. The number of nitro benzene ring substituents is 1. The lowest BCUT2D eigenvalue weighted by molar-refractivity contribution is -0.384. The van der Waals surface area contributed by atoms with Gasteiger partial charge in [-0.1, -0.05) is 37.3 Å². The van der Waals surface area contributed by atoms with Crippen molar-refractivity contribution in [1.82, 2.24) is 4.57 Å². The third kappa shape index (κ3) is 4.40. The minimum absolute atomic E-state index is 0.0986. The fourth-order valence-corrected chi connectivity index (χ4v) is 3.86. The summed E-state index contributed by atoms with van der Waals surface area (Å²) in [6.45, 7) is 4.06. The molecule has 29 heavy (non-hydrogen) atoms. The van der Waals surface area contributed by atoms with E-state index < -0.39 is 16.8 Å². The molecule has 0 aliphatic rings. The number of benzene rings is 2. The van der Waals surface area contributed by atoms with Gasteiger partial charge in [0.15, 0.2) is 4.80 Å². The molecule has 3 aromatic rings. The molecule has 3 rings (SSSR count). The van der Waals surface area contributed by atoms with Gasteiger partial charge in [-0.25, -0.2) is 0 Å². The quantitative estimate of drug-likeness (QED) is 0.361. The number of thiazole rings is 1. The first-order chi connectivity index (χ1) is 13.8. The van der Waals surface area contributed by atoms with Gasteiger partial charge in [0.25, 0.3) is 11.6 Å². The summed E-state index contributed by atoms with van der Waals surface area (Å²) in [6, 6.07) is 11.3. The lowest BCUT2D eigenvalue weighted by Crippen LogP contribution is -2.22. The van der Waals surface area contributed by atoms with Crippen molar-refractivity contribution in [3.63, 3.8) is 0 Å². The maximum atomic E-state index is 12.6.